The molecule has 0 aliphatic rings. The van der Waals surface area contributed by atoms with Crippen molar-refractivity contribution in [3.05, 3.63) is 18.3 Å². The topological polar surface area (TPSA) is 69.1 Å². The number of aromatic nitrogens is 4. The lowest BCUT2D eigenvalue weighted by Crippen LogP contribution is -2.02. The zero-order valence-electron chi connectivity index (χ0n) is 6.02. The molecule has 0 bridgehead atoms. The van der Waals surface area contributed by atoms with Crippen molar-refractivity contribution in [3.8, 4) is 0 Å². The van der Waals surface area contributed by atoms with Crippen LogP contribution in [0.25, 0.3) is 5.65 Å². The number of aryl methyl sites for hydroxylation is 1. The molecule has 0 saturated heterocycles. The summed E-state index contributed by atoms with van der Waals surface area (Å²) in [5.74, 6) is 1.23. The molecule has 0 saturated carbocycles. The van der Waals surface area contributed by atoms with Gasteiger partial charge in [0.2, 0.25) is 5.95 Å². The van der Waals surface area contributed by atoms with Crippen LogP contribution < -0.4 is 5.73 Å². The summed E-state index contributed by atoms with van der Waals surface area (Å²) in [5.41, 5.74) is 6.30. The van der Waals surface area contributed by atoms with Gasteiger partial charge in [-0.2, -0.15) is 0 Å². The summed E-state index contributed by atoms with van der Waals surface area (Å²) >= 11 is 0. The van der Waals surface area contributed by atoms with Crippen LogP contribution in [0.4, 0.5) is 5.95 Å². The molecule has 5 nitrogen and oxygen atoms in total. The molecule has 2 rings (SSSR count). The number of nitrogen functional groups attached to an aromatic ring is 1. The number of hydrogen-bond acceptors (Lipinski definition) is 4. The summed E-state index contributed by atoms with van der Waals surface area (Å²) in [6.07, 6.45) is 3.08. The third-order valence-corrected chi connectivity index (χ3v) is 1.53. The van der Waals surface area contributed by atoms with Crippen molar-refractivity contribution in [3.63, 3.8) is 0 Å². The van der Waals surface area contributed by atoms with Gasteiger partial charge >= 0.3 is 0 Å². The molecule has 0 unspecified atom stereocenters. The predicted octanol–water partition coefficient (Wildman–Crippen LogP) is 0.0149. The maximum absolute atomic E-state index is 5.57. The molecule has 2 aromatic heterocycles. The largest absolute Gasteiger partial charge is 0.369 e. The van der Waals surface area contributed by atoms with Crippen LogP contribution >= 0.6 is 0 Å². The van der Waals surface area contributed by atoms with E-state index in [-0.39, 0.29) is 0 Å². The summed E-state index contributed by atoms with van der Waals surface area (Å²) in [4.78, 5) is 11.8. The Kier molecular flexibility index (Phi) is 1.06. The van der Waals surface area contributed by atoms with Crippen LogP contribution in [0, 0.1) is 6.92 Å². The zero-order valence-corrected chi connectivity index (χ0v) is 6.02. The molecule has 11 heavy (non-hydrogen) atoms. The summed E-state index contributed by atoms with van der Waals surface area (Å²) in [6.45, 7) is 1.85. The first-order valence-electron chi connectivity index (χ1n) is 3.19. The van der Waals surface area contributed by atoms with Gasteiger partial charge in [-0.15, -0.1) is 0 Å². The van der Waals surface area contributed by atoms with E-state index in [1.807, 2.05) is 6.92 Å². The van der Waals surface area contributed by atoms with E-state index in [0.29, 0.717) is 5.95 Å². The molecular formula is C6H7N5. The van der Waals surface area contributed by atoms with Gasteiger partial charge in [0.15, 0.2) is 5.65 Å². The maximum Gasteiger partial charge on any atom is 0.208 e. The fraction of sp³-hybridized carbons (Fsp3) is 0.167. The van der Waals surface area contributed by atoms with E-state index in [2.05, 4.69) is 15.0 Å². The lowest BCUT2D eigenvalue weighted by Gasteiger charge is -1.97. The first-order valence-corrected chi connectivity index (χ1v) is 3.19. The molecule has 0 radical (unpaired) electrons. The Hall–Kier alpha value is -1.65. The predicted molar refractivity (Wildman–Crippen MR) is 39.9 cm³/mol. The second kappa shape index (κ2) is 1.91. The van der Waals surface area contributed by atoms with E-state index in [1.54, 1.807) is 10.6 Å². The molecule has 0 fully saturated rings. The van der Waals surface area contributed by atoms with E-state index in [4.69, 9.17) is 5.73 Å². The van der Waals surface area contributed by atoms with Gasteiger partial charge in [-0.1, -0.05) is 0 Å². The van der Waals surface area contributed by atoms with Crippen LogP contribution in [0.5, 0.6) is 0 Å². The van der Waals surface area contributed by atoms with Gasteiger partial charge in [0.1, 0.15) is 12.2 Å². The Morgan fingerprint density at radius 1 is 1.36 bits per heavy atom. The highest BCUT2D eigenvalue weighted by Gasteiger charge is 2.01. The lowest BCUT2D eigenvalue weighted by molar-refractivity contribution is 0.982. The standard InChI is InChI=1S/C6H7N5/c1-4-8-2-5-9-3-10-6(7)11(4)5/h2-3H,1H3,(H2,7,9,10). The lowest BCUT2D eigenvalue weighted by atomic mass is 10.7. The molecule has 0 aliphatic heterocycles. The quantitative estimate of drug-likeness (QED) is 0.573. The molecule has 56 valence electrons. The molecule has 0 amide bonds. The highest BCUT2D eigenvalue weighted by molar-refractivity contribution is 5.41. The number of imidazole rings is 1. The Morgan fingerprint density at radius 3 is 2.91 bits per heavy atom. The molecule has 0 atom stereocenters. The maximum atomic E-state index is 5.57. The second-order valence-corrected chi connectivity index (χ2v) is 2.23. The van der Waals surface area contributed by atoms with Crippen molar-refractivity contribution in [1.82, 2.24) is 19.4 Å². The van der Waals surface area contributed by atoms with E-state index >= 15 is 0 Å². The minimum absolute atomic E-state index is 0.421. The summed E-state index contributed by atoms with van der Waals surface area (Å²) in [5, 5.41) is 0. The van der Waals surface area contributed by atoms with Crippen LogP contribution in [0.1, 0.15) is 5.82 Å². The Balaban J connectivity index is 2.96. The average Bonchev–Trinajstić information content (AvgIpc) is 2.34. The van der Waals surface area contributed by atoms with E-state index < -0.39 is 0 Å². The van der Waals surface area contributed by atoms with Crippen molar-refractivity contribution in [2.45, 2.75) is 6.92 Å². The highest BCUT2D eigenvalue weighted by Crippen LogP contribution is 2.05. The third-order valence-electron chi connectivity index (χ3n) is 1.53. The van der Waals surface area contributed by atoms with E-state index in [9.17, 15) is 0 Å². The van der Waals surface area contributed by atoms with Gasteiger partial charge in [-0.25, -0.2) is 15.0 Å². The van der Waals surface area contributed by atoms with Crippen molar-refractivity contribution < 1.29 is 0 Å². The molecular weight excluding hydrogens is 142 g/mol. The van der Waals surface area contributed by atoms with Crippen molar-refractivity contribution >= 4 is 11.6 Å². The van der Waals surface area contributed by atoms with Gasteiger partial charge in [-0.3, -0.25) is 4.40 Å². The first-order chi connectivity index (χ1) is 5.29. The molecule has 0 spiro atoms. The summed E-state index contributed by atoms with van der Waals surface area (Å²) in [7, 11) is 0. The van der Waals surface area contributed by atoms with Gasteiger partial charge in [0.05, 0.1) is 6.20 Å². The van der Waals surface area contributed by atoms with E-state index in [0.717, 1.165) is 11.5 Å². The van der Waals surface area contributed by atoms with Crippen molar-refractivity contribution in [2.75, 3.05) is 5.73 Å². The fourth-order valence-electron chi connectivity index (χ4n) is 1.01. The van der Waals surface area contributed by atoms with Crippen LogP contribution in [0.2, 0.25) is 0 Å². The van der Waals surface area contributed by atoms with Crippen molar-refractivity contribution in [2.24, 2.45) is 0 Å². The summed E-state index contributed by atoms with van der Waals surface area (Å²) in [6, 6.07) is 0. The molecule has 2 N–H and O–H groups in total. The monoisotopic (exact) mass is 149 g/mol. The Labute approximate surface area is 62.9 Å². The third kappa shape index (κ3) is 0.739. The number of fused-ring (bicyclic) bond motifs is 1. The molecule has 0 aliphatic carbocycles. The number of nitrogens with zero attached hydrogens (tertiary/aromatic N) is 4. The number of rotatable bonds is 0. The van der Waals surface area contributed by atoms with Crippen LogP contribution in [-0.2, 0) is 0 Å². The molecule has 2 heterocycles. The van der Waals surface area contributed by atoms with E-state index in [1.165, 1.54) is 6.33 Å². The SMILES string of the molecule is Cc1ncc2ncnc(N)n12. The van der Waals surface area contributed by atoms with Gasteiger partial charge in [-0.05, 0) is 6.92 Å². The fourth-order valence-corrected chi connectivity index (χ4v) is 1.01. The van der Waals surface area contributed by atoms with Crippen LogP contribution in [-0.4, -0.2) is 19.4 Å². The zero-order chi connectivity index (χ0) is 7.84. The van der Waals surface area contributed by atoms with Gasteiger partial charge in [0.25, 0.3) is 0 Å². The minimum Gasteiger partial charge on any atom is -0.369 e. The average molecular weight is 149 g/mol. The second-order valence-electron chi connectivity index (χ2n) is 2.23. The number of hydrogen-bond donors (Lipinski definition) is 1. The molecule has 5 heteroatoms. The highest BCUT2D eigenvalue weighted by atomic mass is 15.2. The first kappa shape index (κ1) is 6.09. The minimum atomic E-state index is 0.421. The molecule has 2 aromatic rings. The Bertz CT molecular complexity index is 391. The van der Waals surface area contributed by atoms with Gasteiger partial charge < -0.3 is 5.73 Å². The molecule has 0 aromatic carbocycles. The normalized spacial score (nSPS) is 10.6. The van der Waals surface area contributed by atoms with Crippen LogP contribution in [0.3, 0.4) is 0 Å². The van der Waals surface area contributed by atoms with Crippen molar-refractivity contribution in [1.29, 1.82) is 0 Å². The summed E-state index contributed by atoms with van der Waals surface area (Å²) < 4.78 is 1.69. The van der Waals surface area contributed by atoms with Gasteiger partial charge in [0, 0.05) is 0 Å². The Morgan fingerprint density at radius 2 is 2.18 bits per heavy atom. The van der Waals surface area contributed by atoms with Crippen LogP contribution in [0.15, 0.2) is 12.5 Å². The number of nitrogens with two attached hydrogens (primary N) is 1. The smallest absolute Gasteiger partial charge is 0.208 e. The number of anilines is 1.